The molecule has 0 spiro atoms. The molecule has 2 aromatic rings. The Morgan fingerprint density at radius 3 is 2.35 bits per heavy atom. The Bertz CT molecular complexity index is 936. The maximum absolute atomic E-state index is 12.4. The van der Waals surface area contributed by atoms with Gasteiger partial charge in [-0.05, 0) is 41.3 Å². The van der Waals surface area contributed by atoms with E-state index in [4.69, 9.17) is 0 Å². The van der Waals surface area contributed by atoms with Crippen molar-refractivity contribution in [3.63, 3.8) is 0 Å². The zero-order valence-electron chi connectivity index (χ0n) is 15.2. The summed E-state index contributed by atoms with van der Waals surface area (Å²) >= 11 is 1.72. The van der Waals surface area contributed by atoms with Crippen molar-refractivity contribution in [2.24, 2.45) is 5.41 Å². The van der Waals surface area contributed by atoms with Gasteiger partial charge in [-0.2, -0.15) is 0 Å². The normalized spacial score (nSPS) is 18.4. The summed E-state index contributed by atoms with van der Waals surface area (Å²) in [5, 5.41) is 0. The van der Waals surface area contributed by atoms with Crippen LogP contribution in [-0.4, -0.2) is 18.6 Å². The lowest BCUT2D eigenvalue weighted by molar-refractivity contribution is -0.127. The summed E-state index contributed by atoms with van der Waals surface area (Å²) in [5.74, 6) is -0.0850. The Kier molecular flexibility index (Phi) is 4.03. The van der Waals surface area contributed by atoms with Gasteiger partial charge in [-0.15, -0.1) is 0 Å². The highest BCUT2D eigenvalue weighted by Gasteiger charge is 2.35. The predicted molar refractivity (Wildman–Crippen MR) is 106 cm³/mol. The number of benzene rings is 2. The summed E-state index contributed by atoms with van der Waals surface area (Å²) < 4.78 is 0. The number of nitrogens with zero attached hydrogens (tertiary/aromatic N) is 1. The molecule has 2 aliphatic rings. The van der Waals surface area contributed by atoms with Crippen molar-refractivity contribution >= 4 is 40.8 Å². The van der Waals surface area contributed by atoms with Gasteiger partial charge >= 0.3 is 0 Å². The number of rotatable bonds is 1. The monoisotopic (exact) mass is 363 g/mol. The van der Waals surface area contributed by atoms with E-state index in [0.717, 1.165) is 16.1 Å². The van der Waals surface area contributed by atoms with E-state index in [2.05, 4.69) is 36.2 Å². The number of carbonyl (C=O) groups is 2. The molecule has 3 nitrogen and oxygen atoms in total. The van der Waals surface area contributed by atoms with E-state index in [1.165, 1.54) is 10.6 Å². The minimum Gasteiger partial charge on any atom is -0.343 e. The van der Waals surface area contributed by atoms with E-state index in [-0.39, 0.29) is 17.0 Å². The smallest absolute Gasteiger partial charge is 0.167 e. The molecule has 1 saturated carbocycles. The molecule has 0 atom stereocenters. The zero-order valence-corrected chi connectivity index (χ0v) is 16.0. The fraction of sp³-hybridized carbons (Fsp3) is 0.273. The number of allylic oxidation sites excluding steroid dienone is 1. The van der Waals surface area contributed by atoms with Gasteiger partial charge < -0.3 is 4.90 Å². The lowest BCUT2D eigenvalue weighted by Crippen LogP contribution is -2.31. The summed E-state index contributed by atoms with van der Waals surface area (Å²) in [6.07, 6.45) is 2.63. The molecule has 0 radical (unpaired) electrons. The minimum atomic E-state index is -0.233. The number of carbonyl (C=O) groups excluding carboxylic acids is 2. The Hall–Kier alpha value is -2.33. The average molecular weight is 363 g/mol. The van der Waals surface area contributed by atoms with Crippen LogP contribution in [0.5, 0.6) is 0 Å². The third kappa shape index (κ3) is 2.99. The summed E-state index contributed by atoms with van der Waals surface area (Å²) in [6, 6.07) is 14.4. The van der Waals surface area contributed by atoms with Crippen LogP contribution in [0.1, 0.15) is 32.3 Å². The summed E-state index contributed by atoms with van der Waals surface area (Å²) in [7, 11) is 2.06. The van der Waals surface area contributed by atoms with Crippen molar-refractivity contribution in [3.8, 4) is 0 Å². The van der Waals surface area contributed by atoms with E-state index in [9.17, 15) is 9.59 Å². The highest BCUT2D eigenvalue weighted by Crippen LogP contribution is 2.47. The molecule has 0 amide bonds. The molecule has 1 aliphatic heterocycles. The van der Waals surface area contributed by atoms with Crippen LogP contribution in [-0.2, 0) is 9.59 Å². The highest BCUT2D eigenvalue weighted by molar-refractivity contribution is 7.99. The number of Topliss-reactive ketones (excluding diaryl/α,β-unsaturated/α-hetero) is 2. The van der Waals surface area contributed by atoms with Gasteiger partial charge in [-0.3, -0.25) is 9.59 Å². The van der Waals surface area contributed by atoms with Crippen molar-refractivity contribution in [2.45, 2.75) is 36.5 Å². The lowest BCUT2D eigenvalue weighted by atomic mass is 9.74. The Morgan fingerprint density at radius 2 is 1.62 bits per heavy atom. The SMILES string of the molecule is CN1c2ccccc2Sc2cc(C=C3C(=O)CC(C)(C)CC3=O)ccc21. The summed E-state index contributed by atoms with van der Waals surface area (Å²) in [6.45, 7) is 3.95. The molecule has 0 bridgehead atoms. The van der Waals surface area contributed by atoms with E-state index in [1.54, 1.807) is 17.8 Å². The number of fused-ring (bicyclic) bond motifs is 2. The van der Waals surface area contributed by atoms with Gasteiger partial charge in [0.1, 0.15) is 0 Å². The molecule has 26 heavy (non-hydrogen) atoms. The molecule has 4 rings (SSSR count). The number of hydrogen-bond donors (Lipinski definition) is 0. The van der Waals surface area contributed by atoms with Gasteiger partial charge in [-0.25, -0.2) is 0 Å². The Labute approximate surface area is 158 Å². The van der Waals surface area contributed by atoms with Gasteiger partial charge in [0, 0.05) is 29.7 Å². The van der Waals surface area contributed by atoms with Crippen LogP contribution in [0, 0.1) is 5.41 Å². The zero-order chi connectivity index (χ0) is 18.5. The van der Waals surface area contributed by atoms with E-state index in [1.807, 2.05) is 32.0 Å². The molecule has 0 saturated heterocycles. The number of ketones is 2. The molecule has 1 aliphatic carbocycles. The number of hydrogen-bond acceptors (Lipinski definition) is 4. The van der Waals surface area contributed by atoms with Gasteiger partial charge in [0.2, 0.25) is 0 Å². The maximum atomic E-state index is 12.4. The topological polar surface area (TPSA) is 37.4 Å². The molecular formula is C22H21NO2S. The van der Waals surface area contributed by atoms with Gasteiger partial charge in [0.15, 0.2) is 11.6 Å². The molecule has 1 fully saturated rings. The van der Waals surface area contributed by atoms with Crippen LogP contribution in [0.2, 0.25) is 0 Å². The van der Waals surface area contributed by atoms with Crippen LogP contribution in [0.25, 0.3) is 6.08 Å². The number of para-hydroxylation sites is 1. The largest absolute Gasteiger partial charge is 0.343 e. The fourth-order valence-electron chi connectivity index (χ4n) is 3.65. The second kappa shape index (κ2) is 6.13. The molecule has 0 N–H and O–H groups in total. The third-order valence-corrected chi connectivity index (χ3v) is 6.09. The first-order valence-electron chi connectivity index (χ1n) is 8.77. The number of anilines is 2. The third-order valence-electron chi connectivity index (χ3n) is 4.98. The van der Waals surface area contributed by atoms with Crippen molar-refractivity contribution in [2.75, 3.05) is 11.9 Å². The predicted octanol–water partition coefficient (Wildman–Crippen LogP) is 5.26. The summed E-state index contributed by atoms with van der Waals surface area (Å²) in [4.78, 5) is 29.4. The molecule has 132 valence electrons. The molecule has 2 aromatic carbocycles. The second-order valence-electron chi connectivity index (χ2n) is 7.78. The van der Waals surface area contributed by atoms with Crippen LogP contribution in [0.15, 0.2) is 57.8 Å². The standard InChI is InChI=1S/C22H21NO2S/c1-22(2)12-18(24)15(19(25)13-22)10-14-8-9-17-21(11-14)26-20-7-5-4-6-16(20)23(17)3/h4-11H,12-13H2,1-3H3. The Balaban J connectivity index is 1.69. The highest BCUT2D eigenvalue weighted by atomic mass is 32.2. The van der Waals surface area contributed by atoms with E-state index >= 15 is 0 Å². The van der Waals surface area contributed by atoms with Gasteiger partial charge in [-0.1, -0.05) is 43.8 Å². The maximum Gasteiger partial charge on any atom is 0.167 e. The van der Waals surface area contributed by atoms with Crippen molar-refractivity contribution in [1.29, 1.82) is 0 Å². The van der Waals surface area contributed by atoms with Crippen LogP contribution in [0.3, 0.4) is 0 Å². The first-order chi connectivity index (χ1) is 12.3. The van der Waals surface area contributed by atoms with Crippen molar-refractivity contribution in [3.05, 3.63) is 53.6 Å². The quantitative estimate of drug-likeness (QED) is 0.511. The molecular weight excluding hydrogens is 342 g/mol. The molecule has 1 heterocycles. The molecule has 0 aromatic heterocycles. The van der Waals surface area contributed by atoms with Crippen molar-refractivity contribution < 1.29 is 9.59 Å². The van der Waals surface area contributed by atoms with Crippen LogP contribution >= 0.6 is 11.8 Å². The first-order valence-corrected chi connectivity index (χ1v) is 9.58. The fourth-order valence-corrected chi connectivity index (χ4v) is 4.85. The van der Waals surface area contributed by atoms with E-state index in [0.29, 0.717) is 18.4 Å². The van der Waals surface area contributed by atoms with Crippen LogP contribution < -0.4 is 4.90 Å². The van der Waals surface area contributed by atoms with Crippen LogP contribution in [0.4, 0.5) is 11.4 Å². The average Bonchev–Trinajstić information content (AvgIpc) is 2.57. The summed E-state index contributed by atoms with van der Waals surface area (Å²) in [5.41, 5.74) is 3.34. The molecule has 0 unspecified atom stereocenters. The lowest BCUT2D eigenvalue weighted by Gasteiger charge is -2.30. The van der Waals surface area contributed by atoms with Crippen molar-refractivity contribution in [1.82, 2.24) is 0 Å². The first kappa shape index (κ1) is 17.1. The van der Waals surface area contributed by atoms with E-state index < -0.39 is 0 Å². The van der Waals surface area contributed by atoms with Gasteiger partial charge in [0.05, 0.1) is 16.9 Å². The van der Waals surface area contributed by atoms with Gasteiger partial charge in [0.25, 0.3) is 0 Å². The second-order valence-corrected chi connectivity index (χ2v) is 8.86. The molecule has 4 heteroatoms. The Morgan fingerprint density at radius 1 is 0.962 bits per heavy atom. The minimum absolute atomic E-state index is 0.0425.